The van der Waals surface area contributed by atoms with Crippen molar-refractivity contribution in [2.75, 3.05) is 0 Å². The summed E-state index contributed by atoms with van der Waals surface area (Å²) in [5.74, 6) is -0.432. The Kier molecular flexibility index (Phi) is 7.14. The third-order valence-electron chi connectivity index (χ3n) is 8.10. The molecule has 178 valence electrons. The molecule has 2 aliphatic carbocycles. The van der Waals surface area contributed by atoms with E-state index in [4.69, 9.17) is 0 Å². The predicted octanol–water partition coefficient (Wildman–Crippen LogP) is 3.41. The second-order valence-electron chi connectivity index (χ2n) is 10.1. The summed E-state index contributed by atoms with van der Waals surface area (Å²) < 4.78 is 0. The van der Waals surface area contributed by atoms with E-state index in [0.717, 1.165) is 30.6 Å². The summed E-state index contributed by atoms with van der Waals surface area (Å²) in [6, 6.07) is 3.95. The fraction of sp³-hybridized carbons (Fsp3) is 0.600. The SMILES string of the molecule is C[C@@H]1[C@@H]2[C@@H](O)[C@H]([C@H](C)C(=O)NCc3cccs3)CC[C@]2(C)CC[C@@H]1NC(=O)c1cncnc1. The lowest BCUT2D eigenvalue weighted by atomic mass is 9.51. The van der Waals surface area contributed by atoms with Gasteiger partial charge >= 0.3 is 0 Å². The summed E-state index contributed by atoms with van der Waals surface area (Å²) in [5.41, 5.74) is 0.454. The first kappa shape index (κ1) is 23.8. The van der Waals surface area contributed by atoms with E-state index in [0.29, 0.717) is 12.1 Å². The molecule has 8 heteroatoms. The largest absolute Gasteiger partial charge is 0.392 e. The summed E-state index contributed by atoms with van der Waals surface area (Å²) in [4.78, 5) is 34.6. The van der Waals surface area contributed by atoms with Crippen molar-refractivity contribution in [3.05, 3.63) is 46.7 Å². The highest BCUT2D eigenvalue weighted by molar-refractivity contribution is 7.09. The van der Waals surface area contributed by atoms with Gasteiger partial charge in [-0.1, -0.05) is 26.8 Å². The zero-order valence-electron chi connectivity index (χ0n) is 19.5. The van der Waals surface area contributed by atoms with Crippen LogP contribution in [-0.4, -0.2) is 39.0 Å². The number of carbonyl (C=O) groups excluding carboxylic acids is 2. The van der Waals surface area contributed by atoms with Crippen molar-refractivity contribution in [2.24, 2.45) is 29.1 Å². The number of nitrogens with zero attached hydrogens (tertiary/aromatic N) is 2. The number of hydrogen-bond acceptors (Lipinski definition) is 6. The van der Waals surface area contributed by atoms with E-state index in [1.54, 1.807) is 11.3 Å². The number of aliphatic hydroxyl groups excluding tert-OH is 1. The molecule has 0 radical (unpaired) electrons. The lowest BCUT2D eigenvalue weighted by molar-refractivity contribution is -0.142. The van der Waals surface area contributed by atoms with Crippen LogP contribution in [0.5, 0.6) is 0 Å². The van der Waals surface area contributed by atoms with Gasteiger partial charge < -0.3 is 15.7 Å². The number of nitrogens with one attached hydrogen (secondary N) is 2. The van der Waals surface area contributed by atoms with Crippen molar-refractivity contribution in [3.8, 4) is 0 Å². The Bertz CT molecular complexity index is 954. The van der Waals surface area contributed by atoms with Crippen LogP contribution < -0.4 is 10.6 Å². The first-order valence-electron chi connectivity index (χ1n) is 11.8. The van der Waals surface area contributed by atoms with E-state index < -0.39 is 6.10 Å². The number of fused-ring (bicyclic) bond motifs is 1. The van der Waals surface area contributed by atoms with Gasteiger partial charge in [0.1, 0.15) is 6.33 Å². The third kappa shape index (κ3) is 4.96. The van der Waals surface area contributed by atoms with Gasteiger partial charge in [0.15, 0.2) is 0 Å². The van der Waals surface area contributed by atoms with E-state index in [1.807, 2.05) is 24.4 Å². The minimum absolute atomic E-state index is 0.00607. The van der Waals surface area contributed by atoms with E-state index in [-0.39, 0.29) is 46.9 Å². The molecule has 4 rings (SSSR count). The first-order valence-corrected chi connectivity index (χ1v) is 12.7. The summed E-state index contributed by atoms with van der Waals surface area (Å²) in [6.45, 7) is 6.85. The van der Waals surface area contributed by atoms with Crippen LogP contribution in [0.2, 0.25) is 0 Å². The summed E-state index contributed by atoms with van der Waals surface area (Å²) in [6.07, 6.45) is 7.50. The monoisotopic (exact) mass is 470 g/mol. The molecule has 2 saturated carbocycles. The minimum atomic E-state index is -0.582. The van der Waals surface area contributed by atoms with Crippen molar-refractivity contribution < 1.29 is 14.7 Å². The molecule has 3 N–H and O–H groups in total. The molecular weight excluding hydrogens is 436 g/mol. The molecule has 7 atom stereocenters. The van der Waals surface area contributed by atoms with Crippen LogP contribution in [0.15, 0.2) is 36.2 Å². The average molecular weight is 471 g/mol. The highest BCUT2D eigenvalue weighted by atomic mass is 32.1. The number of aromatic nitrogens is 2. The first-order chi connectivity index (χ1) is 15.8. The summed E-state index contributed by atoms with van der Waals surface area (Å²) >= 11 is 1.62. The number of hydrogen-bond donors (Lipinski definition) is 3. The summed E-state index contributed by atoms with van der Waals surface area (Å²) in [7, 11) is 0. The van der Waals surface area contributed by atoms with Gasteiger partial charge in [-0.25, -0.2) is 9.97 Å². The van der Waals surface area contributed by atoms with Crippen LogP contribution in [0.1, 0.15) is 61.7 Å². The van der Waals surface area contributed by atoms with Crippen molar-refractivity contribution in [1.29, 1.82) is 0 Å². The molecule has 0 aliphatic heterocycles. The number of carbonyl (C=O) groups is 2. The van der Waals surface area contributed by atoms with E-state index in [1.165, 1.54) is 18.7 Å². The molecule has 7 nitrogen and oxygen atoms in total. The summed E-state index contributed by atoms with van der Waals surface area (Å²) in [5, 5.41) is 19.7. The van der Waals surface area contributed by atoms with Gasteiger partial charge in [-0.15, -0.1) is 11.3 Å². The van der Waals surface area contributed by atoms with Crippen molar-refractivity contribution >= 4 is 23.2 Å². The molecule has 2 aliphatic rings. The molecule has 0 saturated heterocycles. The fourth-order valence-corrected chi connectivity index (χ4v) is 6.75. The molecule has 0 aromatic carbocycles. The highest BCUT2D eigenvalue weighted by Crippen LogP contribution is 2.55. The zero-order chi connectivity index (χ0) is 23.6. The van der Waals surface area contributed by atoms with Gasteiger partial charge in [-0.3, -0.25) is 9.59 Å². The molecule has 2 aromatic heterocycles. The number of aliphatic hydroxyl groups is 1. The average Bonchev–Trinajstić information content (AvgIpc) is 3.33. The van der Waals surface area contributed by atoms with Gasteiger partial charge in [-0.05, 0) is 60.3 Å². The molecule has 2 fully saturated rings. The Morgan fingerprint density at radius 2 is 2.00 bits per heavy atom. The van der Waals surface area contributed by atoms with Crippen molar-refractivity contribution in [3.63, 3.8) is 0 Å². The second kappa shape index (κ2) is 9.89. The standard InChI is InChI=1S/C25H34N4O3S/c1-15(23(31)28-13-18-5-4-10-33-18)19-6-8-25(3)9-7-20(16(2)21(25)22(19)30)29-24(32)17-11-26-14-27-12-17/h4-5,10-12,14-16,19-22,30H,6-9,13H2,1-3H3,(H,28,31)(H,29,32)/t15-,16-,19-,20-,21+,22-,25+/m0/s1. The lowest BCUT2D eigenvalue weighted by Gasteiger charge is -2.56. The molecule has 0 spiro atoms. The Balaban J connectivity index is 1.43. The molecule has 2 aromatic rings. The highest BCUT2D eigenvalue weighted by Gasteiger charge is 2.53. The Morgan fingerprint density at radius 1 is 1.27 bits per heavy atom. The van der Waals surface area contributed by atoms with Crippen LogP contribution in [0.3, 0.4) is 0 Å². The molecular formula is C25H34N4O3S. The molecule has 2 heterocycles. The van der Waals surface area contributed by atoms with Crippen LogP contribution in [0, 0.1) is 29.1 Å². The van der Waals surface area contributed by atoms with Crippen LogP contribution in [0.4, 0.5) is 0 Å². The maximum Gasteiger partial charge on any atom is 0.254 e. The minimum Gasteiger partial charge on any atom is -0.392 e. The Labute approximate surface area is 199 Å². The van der Waals surface area contributed by atoms with Gasteiger partial charge in [0.2, 0.25) is 5.91 Å². The van der Waals surface area contributed by atoms with Gasteiger partial charge in [0.05, 0.1) is 18.2 Å². The molecule has 0 unspecified atom stereocenters. The normalized spacial score (nSPS) is 32.4. The van der Waals surface area contributed by atoms with Gasteiger partial charge in [-0.2, -0.15) is 0 Å². The topological polar surface area (TPSA) is 104 Å². The van der Waals surface area contributed by atoms with Crippen LogP contribution in [-0.2, 0) is 11.3 Å². The second-order valence-corrected chi connectivity index (χ2v) is 11.1. The number of thiophene rings is 1. The molecule has 2 amide bonds. The van der Waals surface area contributed by atoms with Gasteiger partial charge in [0, 0.05) is 29.2 Å². The lowest BCUT2D eigenvalue weighted by Crippen LogP contribution is -2.58. The van der Waals surface area contributed by atoms with Crippen molar-refractivity contribution in [1.82, 2.24) is 20.6 Å². The van der Waals surface area contributed by atoms with Gasteiger partial charge in [0.25, 0.3) is 5.91 Å². The maximum absolute atomic E-state index is 12.9. The molecule has 0 bridgehead atoms. The quantitative estimate of drug-likeness (QED) is 0.600. The maximum atomic E-state index is 12.9. The smallest absolute Gasteiger partial charge is 0.254 e. The molecule has 33 heavy (non-hydrogen) atoms. The number of amides is 2. The fourth-order valence-electron chi connectivity index (χ4n) is 6.11. The van der Waals surface area contributed by atoms with E-state index in [9.17, 15) is 14.7 Å². The Morgan fingerprint density at radius 3 is 2.70 bits per heavy atom. The Hall–Kier alpha value is -2.32. The third-order valence-corrected chi connectivity index (χ3v) is 8.98. The van der Waals surface area contributed by atoms with E-state index in [2.05, 4.69) is 34.4 Å². The number of rotatable bonds is 6. The van der Waals surface area contributed by atoms with Crippen LogP contribution >= 0.6 is 11.3 Å². The zero-order valence-corrected chi connectivity index (χ0v) is 20.3. The van der Waals surface area contributed by atoms with E-state index >= 15 is 0 Å². The van der Waals surface area contributed by atoms with Crippen molar-refractivity contribution in [2.45, 2.75) is 65.1 Å². The van der Waals surface area contributed by atoms with Crippen LogP contribution in [0.25, 0.3) is 0 Å². The predicted molar refractivity (Wildman–Crippen MR) is 127 cm³/mol.